The minimum absolute atomic E-state index is 0.531. The molecule has 0 aliphatic carbocycles. The summed E-state index contributed by atoms with van der Waals surface area (Å²) in [6, 6.07) is 8.01. The van der Waals surface area contributed by atoms with Gasteiger partial charge in [0.05, 0.1) is 39.6 Å². The Kier molecular flexibility index (Phi) is 13.7. The molecule has 1 aromatic carbocycles. The lowest BCUT2D eigenvalue weighted by Crippen LogP contribution is -2.33. The number of methoxy groups -OCH3 is 2. The highest BCUT2D eigenvalue weighted by Crippen LogP contribution is 2.17. The van der Waals surface area contributed by atoms with Gasteiger partial charge in [-0.3, -0.25) is 4.90 Å². The minimum Gasteiger partial charge on any atom is -0.491 e. The molecule has 7 nitrogen and oxygen atoms in total. The zero-order valence-corrected chi connectivity index (χ0v) is 17.3. The molecule has 0 fully saturated rings. The molecule has 0 spiro atoms. The number of benzene rings is 1. The first-order valence-electron chi connectivity index (χ1n) is 9.43. The third-order valence-electron chi connectivity index (χ3n) is 4.00. The number of nitrogens with zero attached hydrogens (tertiary/aromatic N) is 2. The standard InChI is InChI=1S/C20H36N2O5/c1-21(2)19-5-7-20(8-6-19)27-18-17-26-16-15-25-14-11-22(9-12-23-3)10-13-24-4/h5-8H,9-18H2,1-4H3. The van der Waals surface area contributed by atoms with Gasteiger partial charge in [-0.25, -0.2) is 0 Å². The summed E-state index contributed by atoms with van der Waals surface area (Å²) in [5.74, 6) is 0.854. The second-order valence-electron chi connectivity index (χ2n) is 6.29. The Morgan fingerprint density at radius 1 is 0.667 bits per heavy atom. The number of hydrogen-bond acceptors (Lipinski definition) is 7. The smallest absolute Gasteiger partial charge is 0.119 e. The average molecular weight is 385 g/mol. The Bertz CT molecular complexity index is 448. The Balaban J connectivity index is 2.00. The molecule has 0 aliphatic rings. The maximum atomic E-state index is 5.66. The van der Waals surface area contributed by atoms with E-state index in [0.29, 0.717) is 46.2 Å². The zero-order chi connectivity index (χ0) is 19.7. The van der Waals surface area contributed by atoms with Crippen LogP contribution in [0.25, 0.3) is 0 Å². The first-order chi connectivity index (χ1) is 13.2. The highest BCUT2D eigenvalue weighted by atomic mass is 16.5. The normalized spacial score (nSPS) is 11.1. The van der Waals surface area contributed by atoms with Crippen LogP contribution in [0.3, 0.4) is 0 Å². The Hall–Kier alpha value is -1.38. The van der Waals surface area contributed by atoms with Gasteiger partial charge in [-0.05, 0) is 24.3 Å². The van der Waals surface area contributed by atoms with E-state index in [2.05, 4.69) is 9.80 Å². The molecule has 1 rings (SSSR count). The predicted molar refractivity (Wildman–Crippen MR) is 108 cm³/mol. The van der Waals surface area contributed by atoms with Gasteiger partial charge < -0.3 is 28.6 Å². The monoisotopic (exact) mass is 384 g/mol. The zero-order valence-electron chi connectivity index (χ0n) is 17.3. The van der Waals surface area contributed by atoms with E-state index in [1.165, 1.54) is 0 Å². The summed E-state index contributed by atoms with van der Waals surface area (Å²) in [5, 5.41) is 0. The lowest BCUT2D eigenvalue weighted by molar-refractivity contribution is 0.0244. The largest absolute Gasteiger partial charge is 0.491 e. The third-order valence-corrected chi connectivity index (χ3v) is 4.00. The maximum Gasteiger partial charge on any atom is 0.119 e. The Morgan fingerprint density at radius 2 is 1.19 bits per heavy atom. The quantitative estimate of drug-likeness (QED) is 0.379. The molecule has 0 saturated carbocycles. The van der Waals surface area contributed by atoms with Crippen LogP contribution < -0.4 is 9.64 Å². The van der Waals surface area contributed by atoms with Crippen LogP contribution in [0, 0.1) is 0 Å². The molecule has 0 saturated heterocycles. The average Bonchev–Trinajstić information content (AvgIpc) is 2.68. The van der Waals surface area contributed by atoms with Crippen molar-refractivity contribution in [2.45, 2.75) is 0 Å². The van der Waals surface area contributed by atoms with E-state index in [1.54, 1.807) is 14.2 Å². The summed E-state index contributed by atoms with van der Waals surface area (Å²) in [6.45, 7) is 6.95. The molecule has 0 atom stereocenters. The minimum atomic E-state index is 0.531. The molecule has 0 aliphatic heterocycles. The fourth-order valence-corrected chi connectivity index (χ4v) is 2.35. The molecule has 0 aromatic heterocycles. The van der Waals surface area contributed by atoms with Crippen molar-refractivity contribution in [1.82, 2.24) is 4.90 Å². The fourth-order valence-electron chi connectivity index (χ4n) is 2.35. The van der Waals surface area contributed by atoms with E-state index in [4.69, 9.17) is 23.7 Å². The maximum absolute atomic E-state index is 5.66. The summed E-state index contributed by atoms with van der Waals surface area (Å²) in [4.78, 5) is 4.32. The number of anilines is 1. The van der Waals surface area contributed by atoms with Crippen LogP contribution >= 0.6 is 0 Å². The molecule has 0 N–H and O–H groups in total. The first-order valence-corrected chi connectivity index (χ1v) is 9.43. The van der Waals surface area contributed by atoms with Crippen molar-refractivity contribution >= 4 is 5.69 Å². The molecule has 1 aromatic rings. The van der Waals surface area contributed by atoms with Gasteiger partial charge in [0.1, 0.15) is 12.4 Å². The molecule has 0 bridgehead atoms. The van der Waals surface area contributed by atoms with Crippen molar-refractivity contribution in [2.24, 2.45) is 0 Å². The van der Waals surface area contributed by atoms with Gasteiger partial charge in [0.25, 0.3) is 0 Å². The van der Waals surface area contributed by atoms with Crippen LogP contribution in [0.1, 0.15) is 0 Å². The molecular weight excluding hydrogens is 348 g/mol. The van der Waals surface area contributed by atoms with Gasteiger partial charge in [0.15, 0.2) is 0 Å². The number of hydrogen-bond donors (Lipinski definition) is 0. The highest BCUT2D eigenvalue weighted by molar-refractivity contribution is 5.47. The van der Waals surface area contributed by atoms with E-state index in [9.17, 15) is 0 Å². The van der Waals surface area contributed by atoms with Crippen molar-refractivity contribution in [3.63, 3.8) is 0 Å². The molecule has 0 amide bonds. The van der Waals surface area contributed by atoms with Crippen LogP contribution in [0.2, 0.25) is 0 Å². The van der Waals surface area contributed by atoms with Crippen molar-refractivity contribution in [2.75, 3.05) is 99.1 Å². The van der Waals surface area contributed by atoms with Crippen molar-refractivity contribution in [3.8, 4) is 5.75 Å². The molecule has 0 radical (unpaired) electrons. The van der Waals surface area contributed by atoms with Crippen molar-refractivity contribution < 1.29 is 23.7 Å². The second-order valence-corrected chi connectivity index (χ2v) is 6.29. The van der Waals surface area contributed by atoms with Crippen LogP contribution in [-0.2, 0) is 18.9 Å². The Labute approximate surface area is 164 Å². The molecule has 7 heteroatoms. The molecular formula is C20H36N2O5. The molecule has 27 heavy (non-hydrogen) atoms. The van der Waals surface area contributed by atoms with Crippen LogP contribution in [-0.4, -0.2) is 99.1 Å². The summed E-state index contributed by atoms with van der Waals surface area (Å²) in [7, 11) is 7.46. The summed E-state index contributed by atoms with van der Waals surface area (Å²) >= 11 is 0. The van der Waals surface area contributed by atoms with E-state index >= 15 is 0 Å². The van der Waals surface area contributed by atoms with Gasteiger partial charge in [-0.15, -0.1) is 0 Å². The van der Waals surface area contributed by atoms with Crippen molar-refractivity contribution in [3.05, 3.63) is 24.3 Å². The summed E-state index contributed by atoms with van der Waals surface area (Å²) < 4.78 is 27.1. The lowest BCUT2D eigenvalue weighted by Gasteiger charge is -2.21. The predicted octanol–water partition coefficient (Wildman–Crippen LogP) is 1.76. The van der Waals surface area contributed by atoms with Gasteiger partial charge in [0.2, 0.25) is 0 Å². The lowest BCUT2D eigenvalue weighted by atomic mass is 10.3. The van der Waals surface area contributed by atoms with Crippen LogP contribution in [0.15, 0.2) is 24.3 Å². The SMILES string of the molecule is COCCN(CCOC)CCOCCOCCOc1ccc(N(C)C)cc1. The van der Waals surface area contributed by atoms with Gasteiger partial charge in [0, 0.05) is 53.6 Å². The molecule has 0 unspecified atom stereocenters. The second kappa shape index (κ2) is 15.7. The van der Waals surface area contributed by atoms with E-state index in [1.807, 2.05) is 38.4 Å². The number of ether oxygens (including phenoxy) is 5. The van der Waals surface area contributed by atoms with Gasteiger partial charge >= 0.3 is 0 Å². The Morgan fingerprint density at radius 3 is 1.74 bits per heavy atom. The first kappa shape index (κ1) is 23.7. The van der Waals surface area contributed by atoms with E-state index in [-0.39, 0.29) is 0 Å². The van der Waals surface area contributed by atoms with E-state index in [0.717, 1.165) is 31.1 Å². The van der Waals surface area contributed by atoms with Crippen LogP contribution in [0.4, 0.5) is 5.69 Å². The third kappa shape index (κ3) is 11.8. The van der Waals surface area contributed by atoms with Crippen LogP contribution in [0.5, 0.6) is 5.75 Å². The van der Waals surface area contributed by atoms with E-state index < -0.39 is 0 Å². The summed E-state index contributed by atoms with van der Waals surface area (Å²) in [6.07, 6.45) is 0. The number of rotatable bonds is 17. The molecule has 0 heterocycles. The highest BCUT2D eigenvalue weighted by Gasteiger charge is 2.04. The van der Waals surface area contributed by atoms with Gasteiger partial charge in [-0.1, -0.05) is 0 Å². The summed E-state index contributed by atoms with van der Waals surface area (Å²) in [5.41, 5.74) is 1.15. The molecule has 156 valence electrons. The fraction of sp³-hybridized carbons (Fsp3) is 0.700. The topological polar surface area (TPSA) is 52.6 Å². The van der Waals surface area contributed by atoms with Gasteiger partial charge in [-0.2, -0.15) is 0 Å². The van der Waals surface area contributed by atoms with Crippen molar-refractivity contribution in [1.29, 1.82) is 0 Å².